The van der Waals surface area contributed by atoms with Crippen LogP contribution in [0.4, 0.5) is 0 Å². The zero-order valence-electron chi connectivity index (χ0n) is 8.94. The number of rotatable bonds is 2. The first kappa shape index (κ1) is 9.86. The summed E-state index contributed by atoms with van der Waals surface area (Å²) in [7, 11) is 0. The van der Waals surface area contributed by atoms with Gasteiger partial charge in [0.1, 0.15) is 0 Å². The van der Waals surface area contributed by atoms with Gasteiger partial charge in [-0.1, -0.05) is 0 Å². The fraction of sp³-hybridized carbons (Fsp3) is 0.273. The molecule has 0 saturated carbocycles. The molecule has 2 aromatic heterocycles. The lowest BCUT2D eigenvalue weighted by Gasteiger charge is -2.10. The average Bonchev–Trinajstić information content (AvgIpc) is 2.69. The number of hydrogen-bond donors (Lipinski definition) is 1. The van der Waals surface area contributed by atoms with Crippen LogP contribution in [0.3, 0.4) is 0 Å². The highest BCUT2D eigenvalue weighted by molar-refractivity contribution is 5.40. The molecule has 0 saturated heterocycles. The van der Waals surface area contributed by atoms with E-state index in [4.69, 9.17) is 5.73 Å². The van der Waals surface area contributed by atoms with Gasteiger partial charge < -0.3 is 5.73 Å². The van der Waals surface area contributed by atoms with Crippen LogP contribution in [0.15, 0.2) is 24.5 Å². The predicted molar refractivity (Wildman–Crippen MR) is 58.7 cm³/mol. The van der Waals surface area contributed by atoms with Crippen LogP contribution < -0.4 is 5.73 Å². The van der Waals surface area contributed by atoms with Crippen molar-refractivity contribution in [1.82, 2.24) is 14.8 Å². The standard InChI is InChI=1S/C11H14N4/c1-8-6-9(2)14-11(10(8)7-12)15-5-3-4-13-15/h3-6H,7,12H2,1-2H3. The van der Waals surface area contributed by atoms with Gasteiger partial charge in [-0.3, -0.25) is 0 Å². The molecule has 0 unspecified atom stereocenters. The molecule has 2 N–H and O–H groups in total. The second-order valence-corrected chi connectivity index (χ2v) is 3.54. The van der Waals surface area contributed by atoms with E-state index in [1.165, 1.54) is 0 Å². The molecule has 0 aliphatic rings. The fourth-order valence-electron chi connectivity index (χ4n) is 1.68. The lowest BCUT2D eigenvalue weighted by molar-refractivity contribution is 0.813. The van der Waals surface area contributed by atoms with Crippen molar-refractivity contribution in [3.63, 3.8) is 0 Å². The van der Waals surface area contributed by atoms with E-state index in [2.05, 4.69) is 10.1 Å². The van der Waals surface area contributed by atoms with E-state index in [1.807, 2.05) is 32.2 Å². The zero-order valence-corrected chi connectivity index (χ0v) is 8.94. The summed E-state index contributed by atoms with van der Waals surface area (Å²) in [6.45, 7) is 4.50. The first-order chi connectivity index (χ1) is 7.22. The summed E-state index contributed by atoms with van der Waals surface area (Å²) in [5.74, 6) is 0.833. The molecule has 0 atom stereocenters. The Balaban J connectivity index is 2.64. The molecule has 2 heterocycles. The van der Waals surface area contributed by atoms with Crippen LogP contribution in [0.1, 0.15) is 16.8 Å². The maximum Gasteiger partial charge on any atom is 0.158 e. The molecule has 0 amide bonds. The fourth-order valence-corrected chi connectivity index (χ4v) is 1.68. The Hall–Kier alpha value is -1.68. The van der Waals surface area contributed by atoms with Gasteiger partial charge in [0.2, 0.25) is 0 Å². The van der Waals surface area contributed by atoms with Gasteiger partial charge >= 0.3 is 0 Å². The first-order valence-corrected chi connectivity index (χ1v) is 4.89. The topological polar surface area (TPSA) is 56.7 Å². The Bertz CT molecular complexity index is 460. The lowest BCUT2D eigenvalue weighted by atomic mass is 10.1. The van der Waals surface area contributed by atoms with Gasteiger partial charge in [0, 0.05) is 30.2 Å². The van der Waals surface area contributed by atoms with Gasteiger partial charge in [0.25, 0.3) is 0 Å². The quantitative estimate of drug-likeness (QED) is 0.799. The molecule has 4 heteroatoms. The molecule has 78 valence electrons. The van der Waals surface area contributed by atoms with Gasteiger partial charge in [0.05, 0.1) is 0 Å². The van der Waals surface area contributed by atoms with Gasteiger partial charge in [-0.25, -0.2) is 9.67 Å². The van der Waals surface area contributed by atoms with Crippen LogP contribution in [-0.2, 0) is 6.54 Å². The summed E-state index contributed by atoms with van der Waals surface area (Å²) in [6, 6.07) is 3.91. The molecule has 0 bridgehead atoms. The van der Waals surface area contributed by atoms with Crippen LogP contribution in [0.25, 0.3) is 5.82 Å². The Kier molecular flexibility index (Phi) is 2.51. The van der Waals surface area contributed by atoms with Crippen molar-refractivity contribution >= 4 is 0 Å². The third-order valence-electron chi connectivity index (χ3n) is 2.38. The average molecular weight is 202 g/mol. The van der Waals surface area contributed by atoms with Crippen molar-refractivity contribution in [2.24, 2.45) is 5.73 Å². The van der Waals surface area contributed by atoms with Gasteiger partial charge in [-0.15, -0.1) is 0 Å². The Labute approximate surface area is 88.8 Å². The van der Waals surface area contributed by atoms with Gasteiger partial charge in [0.15, 0.2) is 5.82 Å². The van der Waals surface area contributed by atoms with Crippen molar-refractivity contribution in [3.05, 3.63) is 41.3 Å². The van der Waals surface area contributed by atoms with E-state index in [1.54, 1.807) is 10.9 Å². The van der Waals surface area contributed by atoms with E-state index < -0.39 is 0 Å². The molecule has 0 radical (unpaired) electrons. The van der Waals surface area contributed by atoms with Crippen LogP contribution in [-0.4, -0.2) is 14.8 Å². The molecular formula is C11H14N4. The smallest absolute Gasteiger partial charge is 0.158 e. The van der Waals surface area contributed by atoms with Gasteiger partial charge in [-0.2, -0.15) is 5.10 Å². The number of pyridine rings is 1. The van der Waals surface area contributed by atoms with Crippen molar-refractivity contribution in [2.75, 3.05) is 0 Å². The van der Waals surface area contributed by atoms with E-state index in [9.17, 15) is 0 Å². The van der Waals surface area contributed by atoms with E-state index in [0.717, 1.165) is 22.6 Å². The largest absolute Gasteiger partial charge is 0.326 e. The van der Waals surface area contributed by atoms with Crippen molar-refractivity contribution in [3.8, 4) is 5.82 Å². The Morgan fingerprint density at radius 1 is 1.40 bits per heavy atom. The summed E-state index contributed by atoms with van der Waals surface area (Å²) in [4.78, 5) is 4.47. The van der Waals surface area contributed by atoms with E-state index >= 15 is 0 Å². The number of aryl methyl sites for hydroxylation is 2. The second kappa shape index (κ2) is 3.82. The van der Waals surface area contributed by atoms with Gasteiger partial charge in [-0.05, 0) is 31.5 Å². The molecular weight excluding hydrogens is 188 g/mol. The maximum atomic E-state index is 5.73. The van der Waals surface area contributed by atoms with E-state index in [0.29, 0.717) is 6.54 Å². The summed E-state index contributed by atoms with van der Waals surface area (Å²) in [5, 5.41) is 4.18. The zero-order chi connectivity index (χ0) is 10.8. The Morgan fingerprint density at radius 3 is 2.80 bits per heavy atom. The number of nitrogens with zero attached hydrogens (tertiary/aromatic N) is 3. The third-order valence-corrected chi connectivity index (χ3v) is 2.38. The van der Waals surface area contributed by atoms with Crippen LogP contribution in [0, 0.1) is 13.8 Å². The summed E-state index contributed by atoms with van der Waals surface area (Å²) < 4.78 is 1.75. The maximum absolute atomic E-state index is 5.73. The molecule has 0 aliphatic carbocycles. The highest BCUT2D eigenvalue weighted by atomic mass is 15.3. The molecule has 0 aromatic carbocycles. The third kappa shape index (κ3) is 1.76. The summed E-state index contributed by atoms with van der Waals surface area (Å²) in [6.07, 6.45) is 3.61. The predicted octanol–water partition coefficient (Wildman–Crippen LogP) is 1.34. The minimum Gasteiger partial charge on any atom is -0.326 e. The minimum atomic E-state index is 0.480. The van der Waals surface area contributed by atoms with Crippen LogP contribution in [0.5, 0.6) is 0 Å². The van der Waals surface area contributed by atoms with Crippen molar-refractivity contribution in [2.45, 2.75) is 20.4 Å². The first-order valence-electron chi connectivity index (χ1n) is 4.89. The van der Waals surface area contributed by atoms with E-state index in [-0.39, 0.29) is 0 Å². The summed E-state index contributed by atoms with van der Waals surface area (Å²) in [5.41, 5.74) is 8.92. The second-order valence-electron chi connectivity index (χ2n) is 3.54. The van der Waals surface area contributed by atoms with Crippen LogP contribution in [0.2, 0.25) is 0 Å². The highest BCUT2D eigenvalue weighted by Crippen LogP contribution is 2.16. The van der Waals surface area contributed by atoms with Crippen LogP contribution >= 0.6 is 0 Å². The van der Waals surface area contributed by atoms with Crippen molar-refractivity contribution in [1.29, 1.82) is 0 Å². The molecule has 4 nitrogen and oxygen atoms in total. The molecule has 2 aromatic rings. The number of hydrogen-bond acceptors (Lipinski definition) is 3. The molecule has 0 aliphatic heterocycles. The molecule has 0 fully saturated rings. The SMILES string of the molecule is Cc1cc(C)c(CN)c(-n2cccn2)n1. The number of aromatic nitrogens is 3. The lowest BCUT2D eigenvalue weighted by Crippen LogP contribution is -2.10. The number of nitrogens with two attached hydrogens (primary N) is 1. The molecule has 0 spiro atoms. The Morgan fingerprint density at radius 2 is 2.20 bits per heavy atom. The molecule has 2 rings (SSSR count). The van der Waals surface area contributed by atoms with Crippen molar-refractivity contribution < 1.29 is 0 Å². The normalized spacial score (nSPS) is 10.6. The molecule has 15 heavy (non-hydrogen) atoms. The monoisotopic (exact) mass is 202 g/mol. The minimum absolute atomic E-state index is 0.480. The summed E-state index contributed by atoms with van der Waals surface area (Å²) >= 11 is 0. The highest BCUT2D eigenvalue weighted by Gasteiger charge is 2.08.